The highest BCUT2D eigenvalue weighted by Gasteiger charge is 2.55. The molecule has 20 aromatic carbocycles. The number of nitrogens with zero attached hydrogens (tertiary/aromatic N) is 4. The summed E-state index contributed by atoms with van der Waals surface area (Å²) in [5.74, 6) is 0. The summed E-state index contributed by atoms with van der Waals surface area (Å²) < 4.78 is 12.0. The minimum atomic E-state index is -0.982. The molecule has 4 aliphatic rings. The van der Waals surface area contributed by atoms with Crippen molar-refractivity contribution in [2.24, 2.45) is 0 Å². The van der Waals surface area contributed by atoms with Gasteiger partial charge in [-0.1, -0.05) is 407 Å². The van der Waals surface area contributed by atoms with Crippen LogP contribution in [-0.4, -0.2) is 32.9 Å². The molecule has 2 heterocycles. The predicted octanol–water partition coefficient (Wildman–Crippen LogP) is 33.8. The number of rotatable bonds is 15. The van der Waals surface area contributed by atoms with Gasteiger partial charge in [0, 0.05) is 82.3 Å². The van der Waals surface area contributed by atoms with Crippen molar-refractivity contribution in [1.29, 1.82) is 0 Å². The molecule has 0 bridgehead atoms. The minimum Gasteiger partial charge on any atom is -0.427 e. The second-order valence-corrected chi connectivity index (χ2v) is 41.1. The van der Waals surface area contributed by atoms with Crippen molar-refractivity contribution in [3.8, 4) is 67.0 Å². The molecule has 0 aliphatic heterocycles. The van der Waals surface area contributed by atoms with Gasteiger partial charge in [0.25, 0.3) is 0 Å². The summed E-state index contributed by atoms with van der Waals surface area (Å²) in [6, 6.07) is 177. The summed E-state index contributed by atoms with van der Waals surface area (Å²) in [5, 5.41) is 15.6. The molecule has 0 saturated heterocycles. The van der Waals surface area contributed by atoms with Crippen LogP contribution in [0.4, 0.5) is 34.1 Å². The van der Waals surface area contributed by atoms with Crippen LogP contribution in [0, 0.1) is 0 Å². The third-order valence-electron chi connectivity index (χ3n) is 31.0. The van der Waals surface area contributed by atoms with Crippen molar-refractivity contribution in [1.82, 2.24) is 9.13 Å². The molecule has 2 aromatic heterocycles. The largest absolute Gasteiger partial charge is 0.427 e. The maximum Gasteiger partial charge on any atom is 0.330 e. The third-order valence-corrected chi connectivity index (χ3v) is 31.5. The Hall–Kier alpha value is -15.9. The molecule has 22 aromatic rings. The van der Waals surface area contributed by atoms with Crippen LogP contribution < -0.4 is 15.3 Å². The maximum atomic E-state index is 10.6. The van der Waals surface area contributed by atoms with E-state index in [1.807, 2.05) is 13.8 Å². The highest BCUT2D eigenvalue weighted by Crippen LogP contribution is 2.65. The topological polar surface area (TPSA) is 45.8 Å². The van der Waals surface area contributed by atoms with Gasteiger partial charge in [-0.25, -0.2) is 0 Å². The summed E-state index contributed by atoms with van der Waals surface area (Å²) in [6.07, 6.45) is 0. The van der Waals surface area contributed by atoms with E-state index in [4.69, 9.17) is 4.65 Å². The van der Waals surface area contributed by atoms with E-state index in [1.54, 1.807) is 21.3 Å². The van der Waals surface area contributed by atoms with E-state index in [1.165, 1.54) is 166 Å². The standard InChI is InChI=1S/C64H46N2.C36H25BrN2.C34H34BO2/c1-63(2)56-24-12-14-26-58(56)64(59-27-15-13-25-57(59)63)55-23-11-9-21-51(55)52-39-33-46(41-60(52)64)45-31-36-49(37-32-45)65(48-34-29-44(30-35-48)43-17-5-3-6-18-43)50-38-40-54-53-22-10-16-28-61(53)66(62(54)42-50)47-19-7-4-8-20-47;37-28-17-21-31(22-18-28)38(30-19-15-27(16-20-30)26-9-3-1-4-10-26)32-23-24-34-33-13-7-8-14-35(33)39(36(34)25-32)29-11-5-2-6-12-29;1-31(2)26-15-9-11-17-28(26)34(29-18-12-10-16-27(29)31)25-14-8-7-13-23(25)24-20-19-22(21-30(24)34)35-37-33(5,6)32(3,4)36/h3-42H,1-2H3;1-25H;7-21,36H,1-6H3. The van der Waals surface area contributed by atoms with Crippen LogP contribution in [0.1, 0.15) is 122 Å². The zero-order chi connectivity index (χ0) is 96.4. The summed E-state index contributed by atoms with van der Waals surface area (Å²) in [5.41, 5.74) is 40.5. The van der Waals surface area contributed by atoms with Crippen molar-refractivity contribution in [3.63, 3.8) is 0 Å². The number of benzene rings is 20. The second kappa shape index (κ2) is 35.1. The number of para-hydroxylation sites is 4. The van der Waals surface area contributed by atoms with Gasteiger partial charge in [0.05, 0.1) is 44.1 Å². The molecule has 0 amide bonds. The van der Waals surface area contributed by atoms with Crippen molar-refractivity contribution in [2.75, 3.05) is 9.80 Å². The van der Waals surface area contributed by atoms with E-state index in [2.05, 4.69) is 548 Å². The fourth-order valence-corrected chi connectivity index (χ4v) is 23.7. The molecule has 683 valence electrons. The average molecular weight is 1890 g/mol. The van der Waals surface area contributed by atoms with E-state index in [0.717, 1.165) is 55.4 Å². The number of hydrogen-bond donors (Lipinski definition) is 1. The lowest BCUT2D eigenvalue weighted by Gasteiger charge is -2.46. The van der Waals surface area contributed by atoms with Gasteiger partial charge in [0.15, 0.2) is 0 Å². The van der Waals surface area contributed by atoms with Crippen LogP contribution in [-0.2, 0) is 26.3 Å². The molecule has 4 aliphatic carbocycles. The zero-order valence-electron chi connectivity index (χ0n) is 80.8. The molecule has 0 unspecified atom stereocenters. The van der Waals surface area contributed by atoms with Crippen LogP contribution >= 0.6 is 15.9 Å². The summed E-state index contributed by atoms with van der Waals surface area (Å²) in [7, 11) is 1.81. The van der Waals surface area contributed by atoms with Gasteiger partial charge < -0.3 is 28.7 Å². The van der Waals surface area contributed by atoms with Crippen LogP contribution in [0.5, 0.6) is 0 Å². The first-order valence-corrected chi connectivity index (χ1v) is 50.1. The summed E-state index contributed by atoms with van der Waals surface area (Å²) in [6.45, 7) is 16.9. The molecule has 0 atom stereocenters. The fraction of sp³-hybridized carbons (Fsp3) is 0.104. The molecule has 8 heteroatoms. The molecule has 1 N–H and O–H groups in total. The smallest absolute Gasteiger partial charge is 0.330 e. The molecule has 26 rings (SSSR count). The van der Waals surface area contributed by atoms with E-state index in [-0.39, 0.29) is 10.8 Å². The first kappa shape index (κ1) is 88.7. The Morgan fingerprint density at radius 1 is 0.246 bits per heavy atom. The van der Waals surface area contributed by atoms with Crippen LogP contribution in [0.2, 0.25) is 0 Å². The molecule has 0 fully saturated rings. The number of aromatic nitrogens is 2. The Morgan fingerprint density at radius 3 is 0.915 bits per heavy atom. The van der Waals surface area contributed by atoms with E-state index < -0.39 is 22.0 Å². The number of halogens is 1. The first-order valence-electron chi connectivity index (χ1n) is 49.3. The van der Waals surface area contributed by atoms with Gasteiger partial charge in [-0.15, -0.1) is 0 Å². The Morgan fingerprint density at radius 2 is 0.528 bits per heavy atom. The predicted molar refractivity (Wildman–Crippen MR) is 597 cm³/mol. The van der Waals surface area contributed by atoms with Gasteiger partial charge in [-0.2, -0.15) is 0 Å². The second-order valence-electron chi connectivity index (χ2n) is 40.2. The SMILES string of the molecule is Brc1ccc(N(c2ccc(-c3ccccc3)cc2)c2ccc3c4ccccc4n(-c4ccccc4)c3c2)cc1.CC1(C)c2ccccc2C2(c3ccccc3-c3ccc(-c4ccc(N(c5ccc(-c6ccccc6)cc5)c5ccc6c7ccccc7n(-c7ccccc7)c6c5)cc4)cc32)c2ccccc21.CC1(C)c2ccccc2C2(c3ccccc3-c3ccc([B]OC(C)(C)C(C)(C)O)cc32)c2ccccc21. The van der Waals surface area contributed by atoms with Crippen LogP contribution in [0.25, 0.3) is 111 Å². The minimum absolute atomic E-state index is 0.111. The number of anilines is 6. The van der Waals surface area contributed by atoms with E-state index in [0.29, 0.717) is 0 Å². The van der Waals surface area contributed by atoms with Gasteiger partial charge in [-0.3, -0.25) is 0 Å². The fourth-order valence-electron chi connectivity index (χ4n) is 23.4. The molecule has 142 heavy (non-hydrogen) atoms. The Balaban J connectivity index is 0.000000123. The van der Waals surface area contributed by atoms with E-state index in [9.17, 15) is 5.11 Å². The maximum absolute atomic E-state index is 10.6. The lowest BCUT2D eigenvalue weighted by Crippen LogP contribution is -2.49. The Bertz CT molecular complexity index is 8500. The van der Waals surface area contributed by atoms with Gasteiger partial charge in [-0.05, 0) is 277 Å². The molecule has 6 nitrogen and oxygen atoms in total. The lowest BCUT2D eigenvalue weighted by atomic mass is 9.55. The molecule has 1 radical (unpaired) electrons. The Kier molecular flexibility index (Phi) is 22.0. The molecule has 0 saturated carbocycles. The van der Waals surface area contributed by atoms with Gasteiger partial charge in [0.1, 0.15) is 0 Å². The summed E-state index contributed by atoms with van der Waals surface area (Å²) in [4.78, 5) is 4.73. The van der Waals surface area contributed by atoms with Gasteiger partial charge >= 0.3 is 7.48 Å². The molecular weight excluding hydrogens is 1790 g/mol. The van der Waals surface area contributed by atoms with Crippen molar-refractivity contribution < 1.29 is 9.76 Å². The molecule has 2 spiro atoms. The monoisotopic (exact) mass is 1890 g/mol. The number of fused-ring (bicyclic) bond motifs is 24. The Labute approximate surface area is 840 Å². The highest BCUT2D eigenvalue weighted by molar-refractivity contribution is 9.10. The van der Waals surface area contributed by atoms with Crippen LogP contribution in [0.15, 0.2) is 490 Å². The number of aliphatic hydroxyl groups is 1. The number of hydrogen-bond acceptors (Lipinski definition) is 4. The first-order chi connectivity index (χ1) is 69.2. The average Bonchev–Trinajstić information content (AvgIpc) is 1.49. The highest BCUT2D eigenvalue weighted by atomic mass is 79.9. The summed E-state index contributed by atoms with van der Waals surface area (Å²) >= 11 is 3.61. The van der Waals surface area contributed by atoms with Crippen molar-refractivity contribution >= 4 is 107 Å². The van der Waals surface area contributed by atoms with Gasteiger partial charge in [0.2, 0.25) is 0 Å². The molecular formula is C134H105BBrN4O2. The van der Waals surface area contributed by atoms with Crippen molar-refractivity contribution in [2.45, 2.75) is 88.3 Å². The lowest BCUT2D eigenvalue weighted by molar-refractivity contribution is -0.0893. The quantitative estimate of drug-likeness (QED) is 0.104. The van der Waals surface area contributed by atoms with Crippen molar-refractivity contribution in [3.05, 3.63) is 557 Å². The van der Waals surface area contributed by atoms with Crippen LogP contribution in [0.3, 0.4) is 0 Å². The normalized spacial score (nSPS) is 13.8. The van der Waals surface area contributed by atoms with E-state index >= 15 is 0 Å². The third kappa shape index (κ3) is 14.6. The zero-order valence-corrected chi connectivity index (χ0v) is 82.4.